The minimum absolute atomic E-state index is 0.146. The molecule has 0 radical (unpaired) electrons. The van der Waals surface area contributed by atoms with Crippen molar-refractivity contribution in [2.24, 2.45) is 0 Å². The molecule has 0 unspecified atom stereocenters. The second kappa shape index (κ2) is 8.63. The molecule has 158 valence electrons. The van der Waals surface area contributed by atoms with Gasteiger partial charge in [0.25, 0.3) is 0 Å². The van der Waals surface area contributed by atoms with E-state index in [4.69, 9.17) is 9.15 Å². The molecule has 30 heavy (non-hydrogen) atoms. The Kier molecular flexibility index (Phi) is 5.94. The molecular weight excluding hydrogens is 400 g/mol. The summed E-state index contributed by atoms with van der Waals surface area (Å²) < 4.78 is 39.9. The largest absolute Gasteiger partial charge is 0.495 e. The fourth-order valence-electron chi connectivity index (χ4n) is 3.93. The average Bonchev–Trinajstić information content (AvgIpc) is 3.28. The van der Waals surface area contributed by atoms with E-state index in [0.717, 1.165) is 30.8 Å². The summed E-state index contributed by atoms with van der Waals surface area (Å²) in [5, 5.41) is 0. The highest BCUT2D eigenvalue weighted by Gasteiger charge is 2.29. The average molecular weight is 427 g/mol. The zero-order valence-corrected chi connectivity index (χ0v) is 18.0. The molecule has 0 saturated heterocycles. The molecule has 0 saturated carbocycles. The molecule has 1 aliphatic heterocycles. The van der Waals surface area contributed by atoms with Crippen LogP contribution in [0.5, 0.6) is 5.75 Å². The first kappa shape index (κ1) is 20.7. The van der Waals surface area contributed by atoms with E-state index in [-0.39, 0.29) is 17.5 Å². The molecule has 3 aromatic rings. The van der Waals surface area contributed by atoms with E-state index < -0.39 is 10.0 Å². The monoisotopic (exact) mass is 426 g/mol. The Morgan fingerprint density at radius 2 is 1.93 bits per heavy atom. The number of ether oxygens (including phenoxy) is 1. The third kappa shape index (κ3) is 4.28. The number of hydrogen-bond donors (Lipinski definition) is 1. The second-order valence-corrected chi connectivity index (χ2v) is 9.26. The topological polar surface area (TPSA) is 71.8 Å². The number of rotatable bonds is 7. The maximum atomic E-state index is 13.1. The first-order chi connectivity index (χ1) is 14.5. The second-order valence-electron chi connectivity index (χ2n) is 7.53. The van der Waals surface area contributed by atoms with Crippen molar-refractivity contribution in [1.82, 2.24) is 9.62 Å². The maximum absolute atomic E-state index is 13.1. The fraction of sp³-hybridized carbons (Fsp3) is 0.304. The van der Waals surface area contributed by atoms with Crippen LogP contribution >= 0.6 is 0 Å². The van der Waals surface area contributed by atoms with Gasteiger partial charge in [0, 0.05) is 19.6 Å². The molecule has 0 aliphatic carbocycles. The smallest absolute Gasteiger partial charge is 0.244 e. The highest BCUT2D eigenvalue weighted by Crippen LogP contribution is 2.29. The van der Waals surface area contributed by atoms with Gasteiger partial charge in [-0.05, 0) is 54.3 Å². The predicted octanol–water partition coefficient (Wildman–Crippen LogP) is 3.67. The Labute approximate surface area is 177 Å². The Morgan fingerprint density at radius 3 is 2.67 bits per heavy atom. The lowest BCUT2D eigenvalue weighted by Crippen LogP contribution is -2.40. The highest BCUT2D eigenvalue weighted by molar-refractivity contribution is 7.89. The van der Waals surface area contributed by atoms with Crippen LogP contribution in [0.2, 0.25) is 0 Å². The van der Waals surface area contributed by atoms with Crippen LogP contribution in [0.15, 0.2) is 70.2 Å². The molecular formula is C23H26N2O4S. The van der Waals surface area contributed by atoms with Crippen LogP contribution in [0.3, 0.4) is 0 Å². The minimum atomic E-state index is -3.75. The van der Waals surface area contributed by atoms with Crippen LogP contribution in [0.1, 0.15) is 28.5 Å². The van der Waals surface area contributed by atoms with E-state index in [9.17, 15) is 8.42 Å². The highest BCUT2D eigenvalue weighted by atomic mass is 32.2. The van der Waals surface area contributed by atoms with Crippen molar-refractivity contribution < 1.29 is 17.6 Å². The molecule has 1 aliphatic rings. The lowest BCUT2D eigenvalue weighted by Gasteiger charge is -2.34. The predicted molar refractivity (Wildman–Crippen MR) is 115 cm³/mol. The third-order valence-corrected chi connectivity index (χ3v) is 6.99. The van der Waals surface area contributed by atoms with Gasteiger partial charge >= 0.3 is 0 Å². The third-order valence-electron chi connectivity index (χ3n) is 5.55. The zero-order valence-electron chi connectivity index (χ0n) is 17.2. The number of hydrogen-bond acceptors (Lipinski definition) is 5. The molecule has 1 atom stereocenters. The van der Waals surface area contributed by atoms with Gasteiger partial charge in [-0.1, -0.05) is 30.3 Å². The molecule has 2 heterocycles. The number of nitrogens with one attached hydrogen (secondary N) is 1. The Bertz CT molecular complexity index is 1110. The van der Waals surface area contributed by atoms with Crippen LogP contribution in [-0.2, 0) is 23.0 Å². The standard InChI is InChI=1S/C23H26N2O4S/c1-17-9-10-22(28-2)23(14-17)30(26,27)24-15-20(21-8-5-13-29-21)25-12-11-18-6-3-4-7-19(18)16-25/h3-10,13-14,20,24H,11-12,15-16H2,1-2H3/t20-/m0/s1. The summed E-state index contributed by atoms with van der Waals surface area (Å²) in [5.74, 6) is 1.07. The Hall–Kier alpha value is -2.61. The molecule has 1 N–H and O–H groups in total. The van der Waals surface area contributed by atoms with E-state index in [1.54, 1.807) is 18.4 Å². The summed E-state index contributed by atoms with van der Waals surface area (Å²) in [5.41, 5.74) is 3.46. The quantitative estimate of drug-likeness (QED) is 0.624. The first-order valence-corrected chi connectivity index (χ1v) is 11.4. The van der Waals surface area contributed by atoms with E-state index in [1.807, 2.05) is 31.2 Å². The van der Waals surface area contributed by atoms with Gasteiger partial charge in [-0.25, -0.2) is 13.1 Å². The van der Waals surface area contributed by atoms with Crippen LogP contribution in [0.25, 0.3) is 0 Å². The van der Waals surface area contributed by atoms with Crippen LogP contribution in [0.4, 0.5) is 0 Å². The van der Waals surface area contributed by atoms with Gasteiger partial charge in [0.15, 0.2) is 0 Å². The molecule has 1 aromatic heterocycles. The van der Waals surface area contributed by atoms with Gasteiger partial charge in [-0.2, -0.15) is 0 Å². The summed E-state index contributed by atoms with van der Waals surface area (Å²) in [6.45, 7) is 3.64. The van der Waals surface area contributed by atoms with Crippen molar-refractivity contribution in [3.8, 4) is 5.75 Å². The van der Waals surface area contributed by atoms with Gasteiger partial charge in [0.05, 0.1) is 19.4 Å². The van der Waals surface area contributed by atoms with E-state index in [1.165, 1.54) is 18.2 Å². The molecule has 7 heteroatoms. The molecule has 0 fully saturated rings. The fourth-order valence-corrected chi connectivity index (χ4v) is 5.22. The Balaban J connectivity index is 1.58. The summed E-state index contributed by atoms with van der Waals surface area (Å²) in [7, 11) is -2.28. The Morgan fingerprint density at radius 1 is 1.13 bits per heavy atom. The van der Waals surface area contributed by atoms with Gasteiger partial charge in [-0.3, -0.25) is 4.90 Å². The molecule has 0 spiro atoms. The van der Waals surface area contributed by atoms with Crippen molar-refractivity contribution in [3.63, 3.8) is 0 Å². The van der Waals surface area contributed by atoms with Gasteiger partial charge in [0.1, 0.15) is 16.4 Å². The van der Waals surface area contributed by atoms with E-state index >= 15 is 0 Å². The SMILES string of the molecule is COc1ccc(C)cc1S(=O)(=O)NC[C@@H](c1ccco1)N1CCc2ccccc2C1. The summed E-state index contributed by atoms with van der Waals surface area (Å²) in [6, 6.07) is 17.0. The molecule has 6 nitrogen and oxygen atoms in total. The summed E-state index contributed by atoms with van der Waals surface area (Å²) in [4.78, 5) is 2.41. The number of furan rings is 1. The summed E-state index contributed by atoms with van der Waals surface area (Å²) >= 11 is 0. The van der Waals surface area contributed by atoms with Crippen LogP contribution in [0, 0.1) is 6.92 Å². The van der Waals surface area contributed by atoms with Crippen molar-refractivity contribution in [3.05, 3.63) is 83.3 Å². The van der Waals surface area contributed by atoms with Crippen molar-refractivity contribution in [2.75, 3.05) is 20.2 Å². The van der Waals surface area contributed by atoms with Crippen molar-refractivity contribution in [2.45, 2.75) is 30.8 Å². The lowest BCUT2D eigenvalue weighted by atomic mass is 9.98. The number of nitrogens with zero attached hydrogens (tertiary/aromatic N) is 1. The normalized spacial score (nSPS) is 15.5. The van der Waals surface area contributed by atoms with E-state index in [2.05, 4.69) is 27.8 Å². The number of benzene rings is 2. The molecule has 0 bridgehead atoms. The van der Waals surface area contributed by atoms with Gasteiger partial charge < -0.3 is 9.15 Å². The first-order valence-electron chi connectivity index (χ1n) is 9.96. The molecule has 2 aromatic carbocycles. The van der Waals surface area contributed by atoms with Gasteiger partial charge in [0.2, 0.25) is 10.0 Å². The zero-order chi connectivity index (χ0) is 21.1. The number of methoxy groups -OCH3 is 1. The van der Waals surface area contributed by atoms with E-state index in [0.29, 0.717) is 5.75 Å². The van der Waals surface area contributed by atoms with Gasteiger partial charge in [-0.15, -0.1) is 0 Å². The number of sulfonamides is 1. The maximum Gasteiger partial charge on any atom is 0.244 e. The van der Waals surface area contributed by atoms with Crippen LogP contribution < -0.4 is 9.46 Å². The van der Waals surface area contributed by atoms with Crippen molar-refractivity contribution in [1.29, 1.82) is 0 Å². The molecule has 4 rings (SSSR count). The lowest BCUT2D eigenvalue weighted by molar-refractivity contribution is 0.160. The summed E-state index contributed by atoms with van der Waals surface area (Å²) in [6.07, 6.45) is 2.55. The van der Waals surface area contributed by atoms with Crippen molar-refractivity contribution >= 4 is 10.0 Å². The molecule has 0 amide bonds. The minimum Gasteiger partial charge on any atom is -0.495 e. The number of aryl methyl sites for hydroxylation is 1. The van der Waals surface area contributed by atoms with Crippen LogP contribution in [-0.4, -0.2) is 33.5 Å². The number of fused-ring (bicyclic) bond motifs is 1.